The molecule has 2 N–H and O–H groups in total. The molecule has 158 valence electrons. The van der Waals surface area contributed by atoms with Gasteiger partial charge in [0.25, 0.3) is 11.8 Å². The molecule has 0 aromatic carbocycles. The number of ether oxygens (including phenoxy) is 1. The predicted octanol–water partition coefficient (Wildman–Crippen LogP) is 2.05. The minimum Gasteiger partial charge on any atom is -0.453 e. The molecule has 2 aliphatic rings. The van der Waals surface area contributed by atoms with Crippen molar-refractivity contribution in [3.8, 4) is 6.01 Å². The molecular weight excluding hydrogens is 392 g/mol. The van der Waals surface area contributed by atoms with Crippen LogP contribution in [-0.4, -0.2) is 70.9 Å². The lowest BCUT2D eigenvalue weighted by molar-refractivity contribution is -0.135. The molecule has 2 fully saturated rings. The van der Waals surface area contributed by atoms with Gasteiger partial charge in [0.2, 0.25) is 0 Å². The third-order valence-electron chi connectivity index (χ3n) is 5.56. The number of nitrogen functional groups attached to an aromatic ring is 1. The number of nitrogens with zero attached hydrogens (tertiary/aromatic N) is 4. The van der Waals surface area contributed by atoms with E-state index < -0.39 is 11.8 Å². The molecule has 0 bridgehead atoms. The van der Waals surface area contributed by atoms with Gasteiger partial charge in [0.1, 0.15) is 0 Å². The molecule has 0 spiro atoms. The highest BCUT2D eigenvalue weighted by Gasteiger charge is 2.57. The summed E-state index contributed by atoms with van der Waals surface area (Å²) in [6, 6.07) is 0.231. The van der Waals surface area contributed by atoms with Gasteiger partial charge in [-0.3, -0.25) is 4.79 Å². The smallest absolute Gasteiger partial charge is 0.317 e. The Hall–Kier alpha value is -1.74. The first kappa shape index (κ1) is 22.5. The standard InChI is InChI=1S/C18H27F2N5O2.ClH/c1-11-16(21)12(2)23-17(22-11)27-10-15(26)24(3)14-4-6-25(7-5-14)9-13-8-18(13,19)20;/h13-14H,4-10,21H2,1-3H3;1H. The van der Waals surface area contributed by atoms with Crippen LogP contribution in [0.5, 0.6) is 6.01 Å². The molecule has 3 rings (SSSR count). The largest absolute Gasteiger partial charge is 0.453 e. The number of aromatic nitrogens is 2. The second-order valence-corrected chi connectivity index (χ2v) is 7.58. The number of likely N-dealkylation sites (tertiary alicyclic amines) is 1. The summed E-state index contributed by atoms with van der Waals surface area (Å²) in [5, 5.41) is 0. The third kappa shape index (κ3) is 5.20. The summed E-state index contributed by atoms with van der Waals surface area (Å²) in [5.74, 6) is -3.12. The fraction of sp³-hybridized carbons (Fsp3) is 0.722. The van der Waals surface area contributed by atoms with E-state index in [9.17, 15) is 13.6 Å². The Morgan fingerprint density at radius 2 is 1.82 bits per heavy atom. The first-order valence-electron chi connectivity index (χ1n) is 9.26. The zero-order chi connectivity index (χ0) is 19.8. The molecule has 7 nitrogen and oxygen atoms in total. The fourth-order valence-electron chi connectivity index (χ4n) is 3.46. The quantitative estimate of drug-likeness (QED) is 0.759. The maximum absolute atomic E-state index is 13.0. The number of alkyl halides is 2. The zero-order valence-electron chi connectivity index (χ0n) is 16.5. The lowest BCUT2D eigenvalue weighted by Gasteiger charge is -2.36. The van der Waals surface area contributed by atoms with Crippen molar-refractivity contribution in [2.45, 2.75) is 45.1 Å². The van der Waals surface area contributed by atoms with Crippen LogP contribution in [0, 0.1) is 19.8 Å². The number of rotatable bonds is 6. The average Bonchev–Trinajstić information content (AvgIpc) is 3.23. The van der Waals surface area contributed by atoms with Crippen molar-refractivity contribution in [3.05, 3.63) is 11.4 Å². The number of amides is 1. The van der Waals surface area contributed by atoms with Crippen LogP contribution >= 0.6 is 12.4 Å². The molecule has 1 saturated carbocycles. The first-order valence-corrected chi connectivity index (χ1v) is 9.26. The van der Waals surface area contributed by atoms with Crippen molar-refractivity contribution in [1.82, 2.24) is 19.8 Å². The summed E-state index contributed by atoms with van der Waals surface area (Å²) >= 11 is 0. The Kier molecular flexibility index (Phi) is 7.03. The van der Waals surface area contributed by atoms with Crippen molar-refractivity contribution < 1.29 is 18.3 Å². The van der Waals surface area contributed by atoms with E-state index in [4.69, 9.17) is 10.5 Å². The molecule has 0 radical (unpaired) electrons. The Morgan fingerprint density at radius 3 is 2.32 bits per heavy atom. The van der Waals surface area contributed by atoms with E-state index in [0.717, 1.165) is 25.9 Å². The van der Waals surface area contributed by atoms with E-state index >= 15 is 0 Å². The second kappa shape index (κ2) is 8.73. The monoisotopic (exact) mass is 419 g/mol. The van der Waals surface area contributed by atoms with Crippen molar-refractivity contribution in [3.63, 3.8) is 0 Å². The summed E-state index contributed by atoms with van der Waals surface area (Å²) in [6.45, 7) is 5.29. The molecule has 1 aliphatic carbocycles. The molecular formula is C18H28ClF2N5O2. The van der Waals surface area contributed by atoms with Crippen LogP contribution in [0.2, 0.25) is 0 Å². The Balaban J connectivity index is 0.00000280. The normalized spacial score (nSPS) is 21.7. The average molecular weight is 420 g/mol. The highest BCUT2D eigenvalue weighted by Crippen LogP contribution is 2.49. The summed E-state index contributed by atoms with van der Waals surface area (Å²) in [6.07, 6.45) is 1.56. The Labute approximate surface area is 170 Å². The number of hydrogen-bond donors (Lipinski definition) is 1. The molecule has 1 unspecified atom stereocenters. The van der Waals surface area contributed by atoms with Gasteiger partial charge in [-0.15, -0.1) is 12.4 Å². The lowest BCUT2D eigenvalue weighted by Crippen LogP contribution is -2.47. The number of piperidine rings is 1. The van der Waals surface area contributed by atoms with Gasteiger partial charge in [-0.05, 0) is 26.7 Å². The van der Waals surface area contributed by atoms with Gasteiger partial charge in [0.05, 0.1) is 17.1 Å². The maximum Gasteiger partial charge on any atom is 0.317 e. The number of likely N-dealkylation sites (N-methyl/N-ethyl adjacent to an activating group) is 1. The molecule has 1 aliphatic heterocycles. The van der Waals surface area contributed by atoms with Gasteiger partial charge in [0, 0.05) is 45.1 Å². The van der Waals surface area contributed by atoms with Gasteiger partial charge >= 0.3 is 6.01 Å². The molecule has 10 heteroatoms. The van der Waals surface area contributed by atoms with E-state index in [1.807, 2.05) is 0 Å². The third-order valence-corrected chi connectivity index (χ3v) is 5.56. The molecule has 1 aromatic rings. The highest BCUT2D eigenvalue weighted by atomic mass is 35.5. The molecule has 2 heterocycles. The van der Waals surface area contributed by atoms with Crippen LogP contribution in [0.25, 0.3) is 0 Å². The minimum absolute atomic E-state index is 0. The van der Waals surface area contributed by atoms with E-state index in [-0.39, 0.29) is 43.4 Å². The lowest BCUT2D eigenvalue weighted by atomic mass is 10.0. The van der Waals surface area contributed by atoms with Crippen molar-refractivity contribution in [1.29, 1.82) is 0 Å². The maximum atomic E-state index is 13.0. The number of nitrogens with two attached hydrogens (primary N) is 1. The number of halogens is 3. The first-order chi connectivity index (χ1) is 12.7. The number of carbonyl (C=O) groups is 1. The van der Waals surface area contributed by atoms with Crippen molar-refractivity contribution in [2.24, 2.45) is 5.92 Å². The number of carbonyl (C=O) groups excluding carboxylic acids is 1. The van der Waals surface area contributed by atoms with Gasteiger partial charge in [0.15, 0.2) is 6.61 Å². The number of hydrogen-bond acceptors (Lipinski definition) is 6. The summed E-state index contributed by atoms with van der Waals surface area (Å²) < 4.78 is 31.5. The topological polar surface area (TPSA) is 84.6 Å². The second-order valence-electron chi connectivity index (χ2n) is 7.58. The van der Waals surface area contributed by atoms with Gasteiger partial charge in [-0.2, -0.15) is 9.97 Å². The van der Waals surface area contributed by atoms with Gasteiger partial charge < -0.3 is 20.3 Å². The Morgan fingerprint density at radius 1 is 1.29 bits per heavy atom. The fourth-order valence-corrected chi connectivity index (χ4v) is 3.46. The molecule has 1 amide bonds. The summed E-state index contributed by atoms with van der Waals surface area (Å²) in [5.41, 5.74) is 7.56. The van der Waals surface area contributed by atoms with Crippen molar-refractivity contribution >= 4 is 24.0 Å². The highest BCUT2D eigenvalue weighted by molar-refractivity contribution is 5.85. The SMILES string of the molecule is Cc1nc(OCC(=O)N(C)C2CCN(CC3CC3(F)F)CC2)nc(C)c1N.Cl. The van der Waals surface area contributed by atoms with E-state index in [1.165, 1.54) is 0 Å². The van der Waals surface area contributed by atoms with Crippen LogP contribution < -0.4 is 10.5 Å². The zero-order valence-corrected chi connectivity index (χ0v) is 17.3. The molecule has 1 saturated heterocycles. The van der Waals surface area contributed by atoms with Crippen molar-refractivity contribution in [2.75, 3.05) is 39.0 Å². The minimum atomic E-state index is -2.47. The van der Waals surface area contributed by atoms with Crippen LogP contribution in [0.3, 0.4) is 0 Å². The number of anilines is 1. The summed E-state index contributed by atoms with van der Waals surface area (Å²) in [4.78, 5) is 24.4. The van der Waals surface area contributed by atoms with E-state index in [0.29, 0.717) is 23.6 Å². The van der Waals surface area contributed by atoms with Crippen LogP contribution in [0.1, 0.15) is 30.7 Å². The van der Waals surface area contributed by atoms with Crippen LogP contribution in [-0.2, 0) is 4.79 Å². The van der Waals surface area contributed by atoms with Crippen LogP contribution in [0.15, 0.2) is 0 Å². The van der Waals surface area contributed by atoms with Crippen LogP contribution in [0.4, 0.5) is 14.5 Å². The van der Waals surface area contributed by atoms with Gasteiger partial charge in [-0.1, -0.05) is 0 Å². The number of aryl methyl sites for hydroxylation is 2. The van der Waals surface area contributed by atoms with E-state index in [1.54, 1.807) is 25.8 Å². The van der Waals surface area contributed by atoms with E-state index in [2.05, 4.69) is 14.9 Å². The van der Waals surface area contributed by atoms with Gasteiger partial charge in [-0.25, -0.2) is 8.78 Å². The molecule has 28 heavy (non-hydrogen) atoms. The summed E-state index contributed by atoms with van der Waals surface area (Å²) in [7, 11) is 1.75. The predicted molar refractivity (Wildman–Crippen MR) is 104 cm³/mol. The Bertz CT molecular complexity index is 690. The molecule has 1 aromatic heterocycles. The molecule has 1 atom stereocenters.